The Morgan fingerprint density at radius 2 is 1.90 bits per heavy atom. The number of pyridine rings is 1. The van der Waals surface area contributed by atoms with Crippen LogP contribution >= 0.6 is 11.8 Å². The van der Waals surface area contributed by atoms with Gasteiger partial charge in [-0.2, -0.15) is 0 Å². The third-order valence-corrected chi connectivity index (χ3v) is 4.15. The molecular weight excluding hydrogens is 280 g/mol. The van der Waals surface area contributed by atoms with Crippen molar-refractivity contribution >= 4 is 17.7 Å². The zero-order valence-electron chi connectivity index (χ0n) is 12.2. The number of rotatable bonds is 7. The van der Waals surface area contributed by atoms with Crippen LogP contribution in [0.15, 0.2) is 59.8 Å². The minimum Gasteiger partial charge on any atom is -0.339 e. The van der Waals surface area contributed by atoms with Crippen LogP contribution in [0.5, 0.6) is 0 Å². The van der Waals surface area contributed by atoms with E-state index in [1.165, 1.54) is 5.56 Å². The quantitative estimate of drug-likeness (QED) is 0.578. The highest BCUT2D eigenvalue weighted by Crippen LogP contribution is 2.15. The van der Waals surface area contributed by atoms with E-state index in [4.69, 9.17) is 0 Å². The first kappa shape index (κ1) is 15.6. The lowest BCUT2D eigenvalue weighted by atomic mass is 10.2. The van der Waals surface area contributed by atoms with Gasteiger partial charge < -0.3 is 4.90 Å². The second-order valence-electron chi connectivity index (χ2n) is 4.80. The van der Waals surface area contributed by atoms with Crippen molar-refractivity contribution in [3.63, 3.8) is 0 Å². The number of hydrogen-bond acceptors (Lipinski definition) is 3. The van der Waals surface area contributed by atoms with E-state index in [2.05, 4.69) is 17.1 Å². The molecule has 0 N–H and O–H groups in total. The van der Waals surface area contributed by atoms with Gasteiger partial charge in [-0.15, -0.1) is 11.8 Å². The standard InChI is InChI=1S/C17H20N2OS/c1-15(20)19(14-16-8-3-2-4-9-16)12-7-13-21-17-10-5-6-11-18-17/h2-6,8-11H,7,12-14H2,1H3. The summed E-state index contributed by atoms with van der Waals surface area (Å²) in [7, 11) is 0. The Balaban J connectivity index is 1.77. The first-order valence-corrected chi connectivity index (χ1v) is 8.07. The summed E-state index contributed by atoms with van der Waals surface area (Å²) in [6.45, 7) is 3.10. The highest BCUT2D eigenvalue weighted by Gasteiger charge is 2.08. The van der Waals surface area contributed by atoms with Crippen LogP contribution in [0.1, 0.15) is 18.9 Å². The van der Waals surface area contributed by atoms with Gasteiger partial charge in [0.25, 0.3) is 0 Å². The van der Waals surface area contributed by atoms with Crippen molar-refractivity contribution in [1.29, 1.82) is 0 Å². The average molecular weight is 300 g/mol. The summed E-state index contributed by atoms with van der Waals surface area (Å²) in [6.07, 6.45) is 2.77. The van der Waals surface area contributed by atoms with Gasteiger partial charge in [0.05, 0.1) is 5.03 Å². The third kappa shape index (κ3) is 5.60. The molecule has 1 aromatic carbocycles. The van der Waals surface area contributed by atoms with E-state index in [-0.39, 0.29) is 5.91 Å². The lowest BCUT2D eigenvalue weighted by molar-refractivity contribution is -0.129. The van der Waals surface area contributed by atoms with Crippen LogP contribution in [0.3, 0.4) is 0 Å². The molecule has 0 unspecified atom stereocenters. The number of hydrogen-bond donors (Lipinski definition) is 0. The molecule has 0 saturated heterocycles. The van der Waals surface area contributed by atoms with Crippen molar-refractivity contribution in [1.82, 2.24) is 9.88 Å². The second kappa shape index (κ2) is 8.47. The molecule has 0 aliphatic carbocycles. The number of benzene rings is 1. The van der Waals surface area contributed by atoms with E-state index in [1.807, 2.05) is 41.3 Å². The fourth-order valence-electron chi connectivity index (χ4n) is 2.02. The Kier molecular flexibility index (Phi) is 6.28. The molecular formula is C17H20N2OS. The van der Waals surface area contributed by atoms with Gasteiger partial charge in [-0.3, -0.25) is 4.79 Å². The van der Waals surface area contributed by atoms with Crippen LogP contribution in [0.2, 0.25) is 0 Å². The Bertz CT molecular complexity index is 545. The first-order valence-electron chi connectivity index (χ1n) is 7.09. The summed E-state index contributed by atoms with van der Waals surface area (Å²) < 4.78 is 0. The zero-order chi connectivity index (χ0) is 14.9. The largest absolute Gasteiger partial charge is 0.339 e. The van der Waals surface area contributed by atoms with Gasteiger partial charge in [-0.25, -0.2) is 4.98 Å². The molecule has 1 amide bonds. The van der Waals surface area contributed by atoms with Gasteiger partial charge in [0.1, 0.15) is 0 Å². The minimum atomic E-state index is 0.127. The fraction of sp³-hybridized carbons (Fsp3) is 0.294. The van der Waals surface area contributed by atoms with Crippen molar-refractivity contribution in [2.75, 3.05) is 12.3 Å². The molecule has 3 nitrogen and oxygen atoms in total. The van der Waals surface area contributed by atoms with Crippen molar-refractivity contribution < 1.29 is 4.79 Å². The lowest BCUT2D eigenvalue weighted by Crippen LogP contribution is -2.29. The molecule has 0 radical (unpaired) electrons. The van der Waals surface area contributed by atoms with Gasteiger partial charge >= 0.3 is 0 Å². The third-order valence-electron chi connectivity index (χ3n) is 3.12. The van der Waals surface area contributed by atoms with Crippen molar-refractivity contribution in [2.24, 2.45) is 0 Å². The van der Waals surface area contributed by atoms with Crippen molar-refractivity contribution in [3.05, 3.63) is 60.3 Å². The number of carbonyl (C=O) groups is 1. The highest BCUT2D eigenvalue weighted by molar-refractivity contribution is 7.99. The van der Waals surface area contributed by atoms with Crippen LogP contribution in [0.4, 0.5) is 0 Å². The van der Waals surface area contributed by atoms with Gasteiger partial charge in [0, 0.05) is 32.0 Å². The molecule has 0 aliphatic heterocycles. The van der Waals surface area contributed by atoms with Gasteiger partial charge in [-0.1, -0.05) is 36.4 Å². The van der Waals surface area contributed by atoms with E-state index in [0.29, 0.717) is 6.54 Å². The van der Waals surface area contributed by atoms with E-state index < -0.39 is 0 Å². The van der Waals surface area contributed by atoms with Crippen LogP contribution in [0, 0.1) is 0 Å². The van der Waals surface area contributed by atoms with Gasteiger partial charge in [0.15, 0.2) is 0 Å². The van der Waals surface area contributed by atoms with E-state index in [1.54, 1.807) is 24.9 Å². The Morgan fingerprint density at radius 3 is 2.57 bits per heavy atom. The number of nitrogens with zero attached hydrogens (tertiary/aromatic N) is 2. The summed E-state index contributed by atoms with van der Waals surface area (Å²) in [5.41, 5.74) is 1.17. The molecule has 2 rings (SSSR count). The number of carbonyl (C=O) groups excluding carboxylic acids is 1. The van der Waals surface area contributed by atoms with E-state index >= 15 is 0 Å². The minimum absolute atomic E-state index is 0.127. The molecule has 0 bridgehead atoms. The maximum atomic E-state index is 11.7. The summed E-state index contributed by atoms with van der Waals surface area (Å²) in [5, 5.41) is 1.04. The van der Waals surface area contributed by atoms with Crippen LogP contribution in [0.25, 0.3) is 0 Å². The Hall–Kier alpha value is -1.81. The molecule has 1 heterocycles. The zero-order valence-corrected chi connectivity index (χ0v) is 13.1. The predicted molar refractivity (Wildman–Crippen MR) is 87.1 cm³/mol. The highest BCUT2D eigenvalue weighted by atomic mass is 32.2. The molecule has 4 heteroatoms. The van der Waals surface area contributed by atoms with Crippen LogP contribution < -0.4 is 0 Å². The van der Waals surface area contributed by atoms with Gasteiger partial charge in [0.2, 0.25) is 5.91 Å². The molecule has 0 spiro atoms. The summed E-state index contributed by atoms with van der Waals surface area (Å²) >= 11 is 1.73. The normalized spacial score (nSPS) is 10.3. The Morgan fingerprint density at radius 1 is 1.14 bits per heavy atom. The summed E-state index contributed by atoms with van der Waals surface area (Å²) in [5.74, 6) is 1.09. The maximum Gasteiger partial charge on any atom is 0.219 e. The first-order chi connectivity index (χ1) is 10.3. The summed E-state index contributed by atoms with van der Waals surface area (Å²) in [6, 6.07) is 16.0. The average Bonchev–Trinajstić information content (AvgIpc) is 2.52. The van der Waals surface area contributed by atoms with Crippen molar-refractivity contribution in [3.8, 4) is 0 Å². The topological polar surface area (TPSA) is 33.2 Å². The molecule has 1 aromatic heterocycles. The SMILES string of the molecule is CC(=O)N(CCCSc1ccccn1)Cc1ccccc1. The van der Waals surface area contributed by atoms with E-state index in [9.17, 15) is 4.79 Å². The second-order valence-corrected chi connectivity index (χ2v) is 5.91. The molecule has 21 heavy (non-hydrogen) atoms. The lowest BCUT2D eigenvalue weighted by Gasteiger charge is -2.21. The maximum absolute atomic E-state index is 11.7. The number of amides is 1. The van der Waals surface area contributed by atoms with Crippen LogP contribution in [-0.4, -0.2) is 28.1 Å². The molecule has 2 aromatic rings. The Labute approximate surface area is 130 Å². The molecule has 110 valence electrons. The van der Waals surface area contributed by atoms with Crippen LogP contribution in [-0.2, 0) is 11.3 Å². The number of aromatic nitrogens is 1. The number of thioether (sulfide) groups is 1. The molecule has 0 atom stereocenters. The molecule has 0 fully saturated rings. The fourth-order valence-corrected chi connectivity index (χ4v) is 2.81. The van der Waals surface area contributed by atoms with Gasteiger partial charge in [-0.05, 0) is 24.1 Å². The smallest absolute Gasteiger partial charge is 0.219 e. The summed E-state index contributed by atoms with van der Waals surface area (Å²) in [4.78, 5) is 17.9. The predicted octanol–water partition coefficient (Wildman–Crippen LogP) is 3.61. The molecule has 0 aliphatic rings. The van der Waals surface area contributed by atoms with E-state index in [0.717, 1.165) is 23.7 Å². The monoisotopic (exact) mass is 300 g/mol. The van der Waals surface area contributed by atoms with Crippen molar-refractivity contribution in [2.45, 2.75) is 24.9 Å². The molecule has 0 saturated carbocycles.